The molecule has 1 aromatic carbocycles. The average Bonchev–Trinajstić information content (AvgIpc) is 2.30. The number of rotatable bonds is 4. The summed E-state index contributed by atoms with van der Waals surface area (Å²) >= 11 is 0. The number of methoxy groups -OCH3 is 1. The van der Waals surface area contributed by atoms with Gasteiger partial charge in [-0.2, -0.15) is 8.42 Å². The van der Waals surface area contributed by atoms with E-state index in [0.717, 1.165) is 7.11 Å². The molecule has 0 aliphatic rings. The lowest BCUT2D eigenvalue weighted by molar-refractivity contribution is 0.0696. The summed E-state index contributed by atoms with van der Waals surface area (Å²) in [5, 5.41) is 8.90. The smallest absolute Gasteiger partial charge is 0.422 e. The molecule has 0 saturated carbocycles. The van der Waals surface area contributed by atoms with Crippen LogP contribution >= 0.6 is 0 Å². The molecule has 1 amide bonds. The highest BCUT2D eigenvalue weighted by molar-refractivity contribution is 7.91. The van der Waals surface area contributed by atoms with Crippen molar-refractivity contribution < 1.29 is 27.9 Å². The lowest BCUT2D eigenvalue weighted by atomic mass is 10.1. The van der Waals surface area contributed by atoms with E-state index in [1.165, 1.54) is 25.1 Å². The van der Waals surface area contributed by atoms with E-state index in [2.05, 4.69) is 4.74 Å². The molecule has 0 atom stereocenters. The summed E-state index contributed by atoms with van der Waals surface area (Å²) < 4.78 is 30.8. The van der Waals surface area contributed by atoms with Crippen LogP contribution in [-0.4, -0.2) is 32.7 Å². The minimum atomic E-state index is -4.18. The van der Waals surface area contributed by atoms with E-state index in [1.54, 1.807) is 4.72 Å². The minimum absolute atomic E-state index is 0.0433. The van der Waals surface area contributed by atoms with E-state index in [9.17, 15) is 18.0 Å². The fraction of sp³-hybridized carbons (Fsp3) is 0.200. The molecule has 19 heavy (non-hydrogen) atoms. The van der Waals surface area contributed by atoms with E-state index in [4.69, 9.17) is 5.11 Å². The molecular formula is C10H12N2O6S. The number of benzene rings is 1. The highest BCUT2D eigenvalue weighted by Crippen LogP contribution is 2.19. The Balaban J connectivity index is 3.04. The van der Waals surface area contributed by atoms with E-state index < -0.39 is 22.3 Å². The number of carboxylic acid groups (broad SMARTS) is 1. The lowest BCUT2D eigenvalue weighted by Gasteiger charge is -2.12. The zero-order valence-electron chi connectivity index (χ0n) is 10.1. The zero-order chi connectivity index (χ0) is 14.6. The van der Waals surface area contributed by atoms with Crippen molar-refractivity contribution in [1.82, 2.24) is 4.72 Å². The van der Waals surface area contributed by atoms with Gasteiger partial charge in [-0.3, -0.25) is 4.72 Å². The highest BCUT2D eigenvalue weighted by atomic mass is 32.2. The SMILES string of the molecule is COC(=O)NS(=O)(=O)Nc1cccc(C(=O)O)c1C. The predicted molar refractivity (Wildman–Crippen MR) is 66.2 cm³/mol. The fourth-order valence-corrected chi connectivity index (χ4v) is 2.16. The number of ether oxygens (including phenoxy) is 1. The molecule has 0 fully saturated rings. The van der Waals surface area contributed by atoms with E-state index in [-0.39, 0.29) is 16.8 Å². The summed E-state index contributed by atoms with van der Waals surface area (Å²) in [5.74, 6) is -1.18. The van der Waals surface area contributed by atoms with E-state index >= 15 is 0 Å². The van der Waals surface area contributed by atoms with Crippen molar-refractivity contribution in [2.75, 3.05) is 11.8 Å². The van der Waals surface area contributed by atoms with Gasteiger partial charge in [0.05, 0.1) is 18.4 Å². The van der Waals surface area contributed by atoms with Gasteiger partial charge in [0, 0.05) is 0 Å². The Morgan fingerprint density at radius 1 is 1.32 bits per heavy atom. The highest BCUT2D eigenvalue weighted by Gasteiger charge is 2.17. The Bertz CT molecular complexity index is 610. The van der Waals surface area contributed by atoms with E-state index in [1.807, 2.05) is 4.72 Å². The first-order valence-corrected chi connectivity index (χ1v) is 6.46. The number of amides is 1. The van der Waals surface area contributed by atoms with Crippen LogP contribution in [0, 0.1) is 6.92 Å². The standard InChI is InChI=1S/C10H12N2O6S/c1-6-7(9(13)14)4-3-5-8(6)11-19(16,17)12-10(15)18-2/h3-5,11H,1-2H3,(H,12,15)(H,13,14). The van der Waals surface area contributed by atoms with Crippen molar-refractivity contribution in [3.8, 4) is 0 Å². The Morgan fingerprint density at radius 2 is 1.95 bits per heavy atom. The van der Waals surface area contributed by atoms with Crippen molar-refractivity contribution in [3.05, 3.63) is 29.3 Å². The molecule has 0 spiro atoms. The van der Waals surface area contributed by atoms with Crippen LogP contribution in [-0.2, 0) is 14.9 Å². The molecule has 0 bridgehead atoms. The van der Waals surface area contributed by atoms with Crippen LogP contribution in [0.5, 0.6) is 0 Å². The second kappa shape index (κ2) is 5.57. The number of nitrogens with one attached hydrogen (secondary N) is 2. The molecule has 8 nitrogen and oxygen atoms in total. The maximum atomic E-state index is 11.5. The largest absolute Gasteiger partial charge is 0.478 e. The van der Waals surface area contributed by atoms with Crippen LogP contribution in [0.2, 0.25) is 0 Å². The Hall–Kier alpha value is -2.29. The predicted octanol–water partition coefficient (Wildman–Crippen LogP) is 0.706. The Kier molecular flexibility index (Phi) is 4.33. The van der Waals surface area contributed by atoms with Gasteiger partial charge >= 0.3 is 22.3 Å². The Morgan fingerprint density at radius 3 is 2.47 bits per heavy atom. The van der Waals surface area contributed by atoms with Crippen molar-refractivity contribution in [1.29, 1.82) is 0 Å². The summed E-state index contributed by atoms with van der Waals surface area (Å²) in [6, 6.07) is 4.09. The van der Waals surface area contributed by atoms with Gasteiger partial charge in [-0.1, -0.05) is 6.07 Å². The quantitative estimate of drug-likeness (QED) is 0.750. The topological polar surface area (TPSA) is 122 Å². The zero-order valence-corrected chi connectivity index (χ0v) is 10.9. The molecule has 0 radical (unpaired) electrons. The normalized spacial score (nSPS) is 10.6. The maximum Gasteiger partial charge on any atom is 0.422 e. The molecule has 0 unspecified atom stereocenters. The monoisotopic (exact) mass is 288 g/mol. The summed E-state index contributed by atoms with van der Waals surface area (Å²) in [6.07, 6.45) is -1.15. The third kappa shape index (κ3) is 3.85. The van der Waals surface area contributed by atoms with Gasteiger partial charge < -0.3 is 9.84 Å². The van der Waals surface area contributed by atoms with Gasteiger partial charge in [-0.15, -0.1) is 0 Å². The van der Waals surface area contributed by atoms with Gasteiger partial charge in [-0.25, -0.2) is 14.3 Å². The molecule has 1 rings (SSSR count). The third-order valence-electron chi connectivity index (χ3n) is 2.21. The van der Waals surface area contributed by atoms with Crippen molar-refractivity contribution in [2.45, 2.75) is 6.92 Å². The first-order valence-electron chi connectivity index (χ1n) is 4.98. The molecule has 104 valence electrons. The van der Waals surface area contributed by atoms with Gasteiger partial charge in [-0.05, 0) is 24.6 Å². The second-order valence-corrected chi connectivity index (χ2v) is 4.90. The molecule has 1 aromatic rings. The number of carbonyl (C=O) groups is 2. The molecule has 9 heteroatoms. The summed E-state index contributed by atoms with van der Waals surface area (Å²) in [7, 11) is -3.16. The molecule has 0 aliphatic heterocycles. The number of anilines is 1. The van der Waals surface area contributed by atoms with Crippen molar-refractivity contribution >= 4 is 28.0 Å². The lowest BCUT2D eigenvalue weighted by Crippen LogP contribution is -2.35. The van der Waals surface area contributed by atoms with Crippen molar-refractivity contribution in [2.24, 2.45) is 0 Å². The molecular weight excluding hydrogens is 276 g/mol. The number of carbonyl (C=O) groups excluding carboxylic acids is 1. The molecule has 0 saturated heterocycles. The van der Waals surface area contributed by atoms with Gasteiger partial charge in [0.15, 0.2) is 0 Å². The minimum Gasteiger partial charge on any atom is -0.478 e. The first kappa shape index (κ1) is 14.8. The fourth-order valence-electron chi connectivity index (χ4n) is 1.30. The average molecular weight is 288 g/mol. The number of hydrogen-bond acceptors (Lipinski definition) is 5. The number of hydrogen-bond donors (Lipinski definition) is 3. The Labute approximate surface area is 109 Å². The van der Waals surface area contributed by atoms with Gasteiger partial charge in [0.2, 0.25) is 0 Å². The van der Waals surface area contributed by atoms with Gasteiger partial charge in [0.1, 0.15) is 0 Å². The van der Waals surface area contributed by atoms with Crippen LogP contribution in [0.4, 0.5) is 10.5 Å². The van der Waals surface area contributed by atoms with Crippen LogP contribution in [0.15, 0.2) is 18.2 Å². The molecule has 0 aromatic heterocycles. The molecule has 3 N–H and O–H groups in total. The molecule has 0 heterocycles. The summed E-state index contributed by atoms with van der Waals surface area (Å²) in [4.78, 5) is 21.7. The van der Waals surface area contributed by atoms with E-state index in [0.29, 0.717) is 0 Å². The van der Waals surface area contributed by atoms with Gasteiger partial charge in [0.25, 0.3) is 0 Å². The van der Waals surface area contributed by atoms with Crippen LogP contribution in [0.3, 0.4) is 0 Å². The van der Waals surface area contributed by atoms with Crippen LogP contribution < -0.4 is 9.44 Å². The van der Waals surface area contributed by atoms with Crippen molar-refractivity contribution in [3.63, 3.8) is 0 Å². The summed E-state index contributed by atoms with van der Waals surface area (Å²) in [5.41, 5.74) is 0.236. The third-order valence-corrected chi connectivity index (χ3v) is 3.14. The van der Waals surface area contributed by atoms with Crippen LogP contribution in [0.1, 0.15) is 15.9 Å². The number of aromatic carboxylic acids is 1. The molecule has 0 aliphatic carbocycles. The van der Waals surface area contributed by atoms with Crippen LogP contribution in [0.25, 0.3) is 0 Å². The maximum absolute atomic E-state index is 11.5. The summed E-state index contributed by atoms with van der Waals surface area (Å²) in [6.45, 7) is 1.44. The first-order chi connectivity index (χ1) is 8.76. The number of carboxylic acids is 1. The second-order valence-electron chi connectivity index (χ2n) is 3.48.